The first-order valence-corrected chi connectivity index (χ1v) is 7.97. The van der Waals surface area contributed by atoms with E-state index in [9.17, 15) is 8.78 Å². The Balaban J connectivity index is 2.59. The lowest BCUT2D eigenvalue weighted by Gasteiger charge is -2.22. The van der Waals surface area contributed by atoms with Crippen molar-refractivity contribution in [1.29, 1.82) is 0 Å². The van der Waals surface area contributed by atoms with Crippen molar-refractivity contribution in [2.45, 2.75) is 26.8 Å². The molecule has 0 aliphatic rings. The van der Waals surface area contributed by atoms with E-state index in [0.29, 0.717) is 17.7 Å². The number of hydrogen-bond acceptors (Lipinski definition) is 1. The normalized spacial score (nSPS) is 12.5. The third-order valence-corrected chi connectivity index (χ3v) is 5.00. The summed E-state index contributed by atoms with van der Waals surface area (Å²) in [4.78, 5) is 0. The van der Waals surface area contributed by atoms with E-state index in [2.05, 4.69) is 27.9 Å². The molecule has 112 valence electrons. The van der Waals surface area contributed by atoms with Gasteiger partial charge in [-0.3, -0.25) is 0 Å². The molecule has 1 atom stereocenters. The van der Waals surface area contributed by atoms with E-state index in [-0.39, 0.29) is 17.7 Å². The molecule has 1 unspecified atom stereocenters. The van der Waals surface area contributed by atoms with E-state index in [0.717, 1.165) is 14.7 Å². The summed E-state index contributed by atoms with van der Waals surface area (Å²) in [5.41, 5.74) is 2.78. The van der Waals surface area contributed by atoms with Crippen molar-refractivity contribution in [3.8, 4) is 0 Å². The van der Waals surface area contributed by atoms with Gasteiger partial charge in [-0.05, 0) is 71.8 Å². The second-order valence-electron chi connectivity index (χ2n) is 5.09. The molecule has 0 amide bonds. The smallest absolute Gasteiger partial charge is 0.128 e. The maximum atomic E-state index is 14.3. The quantitative estimate of drug-likeness (QED) is 0.720. The highest BCUT2D eigenvalue weighted by molar-refractivity contribution is 14.1. The topological polar surface area (TPSA) is 12.0 Å². The molecule has 0 spiro atoms. The van der Waals surface area contributed by atoms with Gasteiger partial charge in [0, 0.05) is 9.13 Å². The molecule has 0 saturated carbocycles. The van der Waals surface area contributed by atoms with Gasteiger partial charge in [0.1, 0.15) is 11.6 Å². The Morgan fingerprint density at radius 1 is 1.05 bits per heavy atom. The zero-order valence-electron chi connectivity index (χ0n) is 12.3. The molecule has 0 saturated heterocycles. The van der Waals surface area contributed by atoms with Gasteiger partial charge < -0.3 is 5.32 Å². The SMILES string of the molecule is CCNC(c1cc(F)c(C)cc1F)c1cccc(C)c1I. The lowest BCUT2D eigenvalue weighted by Crippen LogP contribution is -2.24. The van der Waals surface area contributed by atoms with E-state index >= 15 is 0 Å². The average Bonchev–Trinajstić information content (AvgIpc) is 2.44. The highest BCUT2D eigenvalue weighted by Gasteiger charge is 2.21. The molecule has 1 N–H and O–H groups in total. The lowest BCUT2D eigenvalue weighted by molar-refractivity contribution is 0.540. The molecular formula is C17H18F2IN. The highest BCUT2D eigenvalue weighted by Crippen LogP contribution is 2.30. The van der Waals surface area contributed by atoms with Crippen LogP contribution >= 0.6 is 22.6 Å². The number of hydrogen-bond donors (Lipinski definition) is 1. The number of rotatable bonds is 4. The van der Waals surface area contributed by atoms with E-state index in [1.54, 1.807) is 6.92 Å². The third kappa shape index (κ3) is 3.43. The summed E-state index contributed by atoms with van der Waals surface area (Å²) >= 11 is 2.26. The minimum absolute atomic E-state index is 0.324. The number of nitrogens with one attached hydrogen (secondary N) is 1. The van der Waals surface area contributed by atoms with Gasteiger partial charge in [0.15, 0.2) is 0 Å². The molecule has 0 radical (unpaired) electrons. The minimum Gasteiger partial charge on any atom is -0.306 e. The summed E-state index contributed by atoms with van der Waals surface area (Å²) < 4.78 is 29.2. The minimum atomic E-state index is -0.378. The van der Waals surface area contributed by atoms with Crippen LogP contribution in [0, 0.1) is 29.1 Å². The van der Waals surface area contributed by atoms with E-state index in [1.165, 1.54) is 12.1 Å². The Kier molecular flexibility index (Phi) is 5.32. The predicted molar refractivity (Wildman–Crippen MR) is 90.5 cm³/mol. The Bertz CT molecular complexity index is 655. The van der Waals surface area contributed by atoms with Gasteiger partial charge in [-0.15, -0.1) is 0 Å². The third-order valence-electron chi connectivity index (χ3n) is 3.53. The second kappa shape index (κ2) is 6.83. The van der Waals surface area contributed by atoms with Crippen LogP contribution in [0.1, 0.15) is 35.2 Å². The van der Waals surface area contributed by atoms with Crippen LogP contribution in [0.25, 0.3) is 0 Å². The Morgan fingerprint density at radius 2 is 1.76 bits per heavy atom. The van der Waals surface area contributed by atoms with Crippen LogP contribution < -0.4 is 5.32 Å². The van der Waals surface area contributed by atoms with Crippen LogP contribution in [0.4, 0.5) is 8.78 Å². The maximum Gasteiger partial charge on any atom is 0.128 e. The van der Waals surface area contributed by atoms with Gasteiger partial charge in [-0.2, -0.15) is 0 Å². The van der Waals surface area contributed by atoms with Gasteiger partial charge >= 0.3 is 0 Å². The fourth-order valence-corrected chi connectivity index (χ4v) is 3.04. The van der Waals surface area contributed by atoms with Gasteiger partial charge in [0.2, 0.25) is 0 Å². The molecule has 2 aromatic rings. The van der Waals surface area contributed by atoms with Gasteiger partial charge in [0.05, 0.1) is 6.04 Å². The van der Waals surface area contributed by atoms with Crippen molar-refractivity contribution < 1.29 is 8.78 Å². The molecule has 0 bridgehead atoms. The Labute approximate surface area is 137 Å². The van der Waals surface area contributed by atoms with Crippen LogP contribution in [0.2, 0.25) is 0 Å². The van der Waals surface area contributed by atoms with Crippen molar-refractivity contribution in [2.75, 3.05) is 6.54 Å². The second-order valence-corrected chi connectivity index (χ2v) is 6.17. The molecule has 0 aliphatic heterocycles. The van der Waals surface area contributed by atoms with E-state index < -0.39 is 0 Å². The molecule has 1 nitrogen and oxygen atoms in total. The largest absolute Gasteiger partial charge is 0.306 e. The number of aryl methyl sites for hydroxylation is 2. The number of halogens is 3. The van der Waals surface area contributed by atoms with Gasteiger partial charge in [-0.25, -0.2) is 8.78 Å². The van der Waals surface area contributed by atoms with Crippen molar-refractivity contribution >= 4 is 22.6 Å². The summed E-state index contributed by atoms with van der Waals surface area (Å²) in [6, 6.07) is 8.13. The number of benzene rings is 2. The molecule has 21 heavy (non-hydrogen) atoms. The molecule has 0 heterocycles. The van der Waals surface area contributed by atoms with E-state index in [1.807, 2.05) is 32.0 Å². The maximum absolute atomic E-state index is 14.3. The van der Waals surface area contributed by atoms with Crippen LogP contribution in [-0.2, 0) is 0 Å². The molecule has 4 heteroatoms. The van der Waals surface area contributed by atoms with Crippen molar-refractivity contribution in [3.05, 3.63) is 67.8 Å². The molecule has 0 aromatic heterocycles. The van der Waals surface area contributed by atoms with E-state index in [4.69, 9.17) is 0 Å². The first-order valence-electron chi connectivity index (χ1n) is 6.89. The fourth-order valence-electron chi connectivity index (χ4n) is 2.37. The zero-order valence-corrected chi connectivity index (χ0v) is 14.5. The highest BCUT2D eigenvalue weighted by atomic mass is 127. The fraction of sp³-hybridized carbons (Fsp3) is 0.294. The zero-order chi connectivity index (χ0) is 15.6. The summed E-state index contributed by atoms with van der Waals surface area (Å²) in [7, 11) is 0. The van der Waals surface area contributed by atoms with Crippen LogP contribution in [0.3, 0.4) is 0 Å². The van der Waals surface area contributed by atoms with Crippen molar-refractivity contribution in [2.24, 2.45) is 0 Å². The molecule has 2 aromatic carbocycles. The monoisotopic (exact) mass is 401 g/mol. The standard InChI is InChI=1S/C17H18F2IN/c1-4-21-17(12-7-5-6-10(2)16(12)20)13-9-14(18)11(3)8-15(13)19/h5-9,17,21H,4H2,1-3H3. The van der Waals surface area contributed by atoms with Crippen molar-refractivity contribution in [3.63, 3.8) is 0 Å². The summed E-state index contributed by atoms with van der Waals surface area (Å²) in [5.74, 6) is -0.755. The van der Waals surface area contributed by atoms with Gasteiger partial charge in [-0.1, -0.05) is 25.1 Å². The van der Waals surface area contributed by atoms with Crippen LogP contribution in [0.15, 0.2) is 30.3 Å². The van der Waals surface area contributed by atoms with Gasteiger partial charge in [0.25, 0.3) is 0 Å². The summed E-state index contributed by atoms with van der Waals surface area (Å²) in [5, 5.41) is 3.26. The summed E-state index contributed by atoms with van der Waals surface area (Å²) in [6.45, 7) is 6.21. The van der Waals surface area contributed by atoms with Crippen LogP contribution in [0.5, 0.6) is 0 Å². The molecule has 0 fully saturated rings. The first kappa shape index (κ1) is 16.4. The Morgan fingerprint density at radius 3 is 2.43 bits per heavy atom. The molecule has 2 rings (SSSR count). The summed E-state index contributed by atoms with van der Waals surface area (Å²) in [6.07, 6.45) is 0. The average molecular weight is 401 g/mol. The Hall–Kier alpha value is -1.01. The molecule has 0 aliphatic carbocycles. The lowest BCUT2D eigenvalue weighted by atomic mass is 9.95. The molecular weight excluding hydrogens is 383 g/mol. The first-order chi connectivity index (χ1) is 9.95. The predicted octanol–water partition coefficient (Wildman–Crippen LogP) is 4.89. The van der Waals surface area contributed by atoms with Crippen LogP contribution in [-0.4, -0.2) is 6.54 Å². The van der Waals surface area contributed by atoms with Crippen molar-refractivity contribution in [1.82, 2.24) is 5.32 Å².